The van der Waals surface area contributed by atoms with Gasteiger partial charge in [0.05, 0.1) is 32.0 Å². The highest BCUT2D eigenvalue weighted by molar-refractivity contribution is 5.92. The molecule has 2 heterocycles. The maximum atomic E-state index is 13.5. The Labute approximate surface area is 178 Å². The van der Waals surface area contributed by atoms with Gasteiger partial charge < -0.3 is 9.47 Å². The van der Waals surface area contributed by atoms with E-state index in [1.807, 2.05) is 72.8 Å². The molecular formula is C25H21N3O3. The number of rotatable bonds is 5. The third kappa shape index (κ3) is 3.22. The van der Waals surface area contributed by atoms with E-state index in [9.17, 15) is 4.79 Å². The van der Waals surface area contributed by atoms with Crippen molar-refractivity contribution in [2.24, 2.45) is 0 Å². The molecule has 0 saturated heterocycles. The number of para-hydroxylation sites is 1. The van der Waals surface area contributed by atoms with E-state index in [-0.39, 0.29) is 5.69 Å². The number of imidazole rings is 1. The fraction of sp³-hybridized carbons (Fsp3) is 0.120. The molecule has 0 N–H and O–H groups in total. The highest BCUT2D eigenvalue weighted by Crippen LogP contribution is 2.32. The number of fused-ring (bicyclic) bond motifs is 3. The second kappa shape index (κ2) is 7.65. The van der Waals surface area contributed by atoms with E-state index in [2.05, 4.69) is 0 Å². The minimum atomic E-state index is -0.128. The van der Waals surface area contributed by atoms with Crippen LogP contribution in [0.5, 0.6) is 11.5 Å². The third-order valence-corrected chi connectivity index (χ3v) is 5.44. The summed E-state index contributed by atoms with van der Waals surface area (Å²) in [7, 11) is 3.20. The van der Waals surface area contributed by atoms with E-state index in [0.29, 0.717) is 29.4 Å². The molecule has 0 atom stereocenters. The van der Waals surface area contributed by atoms with Crippen LogP contribution in [0.1, 0.15) is 5.56 Å². The molecule has 0 spiro atoms. The smallest absolute Gasteiger partial charge is 0.334 e. The highest BCUT2D eigenvalue weighted by atomic mass is 16.5. The van der Waals surface area contributed by atoms with Gasteiger partial charge in [0.15, 0.2) is 17.1 Å². The van der Waals surface area contributed by atoms with Gasteiger partial charge in [-0.25, -0.2) is 9.78 Å². The van der Waals surface area contributed by atoms with E-state index < -0.39 is 0 Å². The minimum absolute atomic E-state index is 0.128. The molecular weight excluding hydrogens is 390 g/mol. The van der Waals surface area contributed by atoms with E-state index in [0.717, 1.165) is 22.0 Å². The molecule has 2 aromatic heterocycles. The van der Waals surface area contributed by atoms with Crippen LogP contribution in [-0.2, 0) is 6.54 Å². The Hall–Kier alpha value is -4.06. The summed E-state index contributed by atoms with van der Waals surface area (Å²) in [6.45, 7) is 0.486. The summed E-state index contributed by atoms with van der Waals surface area (Å²) < 4.78 is 14.2. The van der Waals surface area contributed by atoms with Gasteiger partial charge in [-0.15, -0.1) is 0 Å². The zero-order valence-corrected chi connectivity index (χ0v) is 17.3. The van der Waals surface area contributed by atoms with Crippen LogP contribution in [0.4, 0.5) is 0 Å². The molecule has 0 saturated carbocycles. The fourth-order valence-corrected chi connectivity index (χ4v) is 3.90. The van der Waals surface area contributed by atoms with Crippen LogP contribution in [-0.4, -0.2) is 28.2 Å². The zero-order chi connectivity index (χ0) is 21.4. The Morgan fingerprint density at radius 1 is 0.871 bits per heavy atom. The molecule has 0 bridgehead atoms. The lowest BCUT2D eigenvalue weighted by molar-refractivity contribution is 0.355. The third-order valence-electron chi connectivity index (χ3n) is 5.44. The first-order valence-corrected chi connectivity index (χ1v) is 9.96. The van der Waals surface area contributed by atoms with Gasteiger partial charge in [0.25, 0.3) is 0 Å². The summed E-state index contributed by atoms with van der Waals surface area (Å²) >= 11 is 0. The van der Waals surface area contributed by atoms with Crippen LogP contribution in [0.2, 0.25) is 0 Å². The monoisotopic (exact) mass is 411 g/mol. The van der Waals surface area contributed by atoms with Crippen molar-refractivity contribution in [1.82, 2.24) is 14.0 Å². The molecule has 5 rings (SSSR count). The molecule has 0 aliphatic heterocycles. The number of ether oxygens (including phenoxy) is 2. The number of hydrogen-bond donors (Lipinski definition) is 0. The molecule has 0 radical (unpaired) electrons. The lowest BCUT2D eigenvalue weighted by atomic mass is 10.1. The molecule has 154 valence electrons. The molecule has 6 heteroatoms. The molecule has 0 aliphatic rings. The summed E-state index contributed by atoms with van der Waals surface area (Å²) in [5.74, 6) is 1.26. The van der Waals surface area contributed by atoms with Gasteiger partial charge in [-0.1, -0.05) is 42.5 Å². The standard InChI is InChI=1S/C25H21N3O3/c1-30-22-13-12-18(14-23(22)31-2)20-16-28-24(26-20)19-10-6-7-11-21(19)27(25(28)29)15-17-8-4-3-5-9-17/h3-14,16H,15H2,1-2H3. The van der Waals surface area contributed by atoms with Crippen LogP contribution >= 0.6 is 0 Å². The average Bonchev–Trinajstić information content (AvgIpc) is 3.28. The van der Waals surface area contributed by atoms with Crippen LogP contribution < -0.4 is 15.2 Å². The summed E-state index contributed by atoms with van der Waals surface area (Å²) in [5.41, 5.74) is 3.97. The van der Waals surface area contributed by atoms with Crippen molar-refractivity contribution in [1.29, 1.82) is 0 Å². The average molecular weight is 411 g/mol. The van der Waals surface area contributed by atoms with Crippen molar-refractivity contribution in [3.8, 4) is 22.8 Å². The number of benzene rings is 3. The maximum Gasteiger partial charge on any atom is 0.334 e. The predicted octanol–water partition coefficient (Wildman–Crippen LogP) is 4.38. The largest absolute Gasteiger partial charge is 0.493 e. The number of nitrogens with zero attached hydrogens (tertiary/aromatic N) is 3. The molecule has 0 unspecified atom stereocenters. The maximum absolute atomic E-state index is 13.5. The first kappa shape index (κ1) is 18.9. The molecule has 6 nitrogen and oxygen atoms in total. The van der Waals surface area contributed by atoms with Crippen LogP contribution in [0.3, 0.4) is 0 Å². The highest BCUT2D eigenvalue weighted by Gasteiger charge is 2.15. The van der Waals surface area contributed by atoms with Crippen molar-refractivity contribution >= 4 is 16.6 Å². The molecule has 3 aromatic carbocycles. The number of hydrogen-bond acceptors (Lipinski definition) is 4. The first-order chi connectivity index (χ1) is 15.2. The summed E-state index contributed by atoms with van der Waals surface area (Å²) in [6.07, 6.45) is 1.78. The van der Waals surface area contributed by atoms with Crippen LogP contribution in [0, 0.1) is 0 Å². The number of aromatic nitrogens is 3. The molecule has 5 aromatic rings. The quantitative estimate of drug-likeness (QED) is 0.431. The Kier molecular flexibility index (Phi) is 4.67. The van der Waals surface area contributed by atoms with Gasteiger partial charge in [0, 0.05) is 17.1 Å². The summed E-state index contributed by atoms with van der Waals surface area (Å²) in [6, 6.07) is 23.5. The zero-order valence-electron chi connectivity index (χ0n) is 17.3. The minimum Gasteiger partial charge on any atom is -0.493 e. The fourth-order valence-electron chi connectivity index (χ4n) is 3.90. The first-order valence-electron chi connectivity index (χ1n) is 9.96. The van der Waals surface area contributed by atoms with Crippen molar-refractivity contribution in [2.75, 3.05) is 14.2 Å². The molecule has 31 heavy (non-hydrogen) atoms. The van der Waals surface area contributed by atoms with Crippen LogP contribution in [0.25, 0.3) is 27.8 Å². The Morgan fingerprint density at radius 2 is 1.61 bits per heavy atom. The summed E-state index contributed by atoms with van der Waals surface area (Å²) in [5, 5.41) is 0.921. The number of methoxy groups -OCH3 is 2. The SMILES string of the molecule is COc1ccc(-c2cn3c(=O)n(Cc4ccccc4)c4ccccc4c3n2)cc1OC. The Bertz CT molecular complexity index is 1450. The van der Waals surface area contributed by atoms with Gasteiger partial charge in [-0.3, -0.25) is 8.97 Å². The molecule has 0 amide bonds. The lowest BCUT2D eigenvalue weighted by Crippen LogP contribution is -2.27. The normalized spacial score (nSPS) is 11.2. The van der Waals surface area contributed by atoms with E-state index in [4.69, 9.17) is 14.5 Å². The van der Waals surface area contributed by atoms with Crippen molar-refractivity contribution < 1.29 is 9.47 Å². The lowest BCUT2D eigenvalue weighted by Gasteiger charge is -2.11. The van der Waals surface area contributed by atoms with Crippen molar-refractivity contribution in [3.05, 3.63) is 95.0 Å². The predicted molar refractivity (Wildman–Crippen MR) is 121 cm³/mol. The van der Waals surface area contributed by atoms with E-state index >= 15 is 0 Å². The molecule has 0 fully saturated rings. The molecule has 0 aliphatic carbocycles. The van der Waals surface area contributed by atoms with Crippen LogP contribution in [0.15, 0.2) is 83.8 Å². The van der Waals surface area contributed by atoms with Gasteiger partial charge in [-0.05, 0) is 35.9 Å². The van der Waals surface area contributed by atoms with Crippen molar-refractivity contribution in [3.63, 3.8) is 0 Å². The van der Waals surface area contributed by atoms with Gasteiger partial charge in [0.2, 0.25) is 0 Å². The van der Waals surface area contributed by atoms with Gasteiger partial charge in [0.1, 0.15) is 0 Å². The van der Waals surface area contributed by atoms with Gasteiger partial charge in [-0.2, -0.15) is 0 Å². The topological polar surface area (TPSA) is 57.8 Å². The summed E-state index contributed by atoms with van der Waals surface area (Å²) in [4.78, 5) is 18.3. The van der Waals surface area contributed by atoms with E-state index in [1.54, 1.807) is 29.4 Å². The van der Waals surface area contributed by atoms with Gasteiger partial charge >= 0.3 is 5.69 Å². The second-order valence-corrected chi connectivity index (χ2v) is 7.26. The second-order valence-electron chi connectivity index (χ2n) is 7.26. The Balaban J connectivity index is 1.73. The Morgan fingerprint density at radius 3 is 2.39 bits per heavy atom. The van der Waals surface area contributed by atoms with Crippen molar-refractivity contribution in [2.45, 2.75) is 6.54 Å². The van der Waals surface area contributed by atoms with E-state index in [1.165, 1.54) is 0 Å².